The molecule has 0 bridgehead atoms. The van der Waals surface area contributed by atoms with Crippen molar-refractivity contribution < 1.29 is 14.3 Å². The SMILES string of the molecule is CN(C(=O)OC(C)(C)C)C(C=O)c1ccnc2ccccc12. The van der Waals surface area contributed by atoms with Crippen molar-refractivity contribution in [1.29, 1.82) is 0 Å². The fourth-order valence-electron chi connectivity index (χ4n) is 2.20. The number of pyridine rings is 1. The summed E-state index contributed by atoms with van der Waals surface area (Å²) >= 11 is 0. The fourth-order valence-corrected chi connectivity index (χ4v) is 2.20. The normalized spacial score (nSPS) is 12.7. The van der Waals surface area contributed by atoms with Gasteiger partial charge in [-0.1, -0.05) is 18.2 Å². The molecule has 1 unspecified atom stereocenters. The van der Waals surface area contributed by atoms with E-state index in [9.17, 15) is 9.59 Å². The lowest BCUT2D eigenvalue weighted by Gasteiger charge is -2.28. The summed E-state index contributed by atoms with van der Waals surface area (Å²) in [6, 6.07) is 8.55. The van der Waals surface area contributed by atoms with Crippen LogP contribution in [0.1, 0.15) is 32.4 Å². The smallest absolute Gasteiger partial charge is 0.410 e. The molecule has 0 aliphatic rings. The average Bonchev–Trinajstić information content (AvgIpc) is 2.46. The average molecular weight is 300 g/mol. The second-order valence-electron chi connectivity index (χ2n) is 6.09. The van der Waals surface area contributed by atoms with Crippen molar-refractivity contribution in [1.82, 2.24) is 9.88 Å². The van der Waals surface area contributed by atoms with E-state index < -0.39 is 17.7 Å². The zero-order valence-electron chi connectivity index (χ0n) is 13.2. The zero-order chi connectivity index (χ0) is 16.3. The topological polar surface area (TPSA) is 59.5 Å². The van der Waals surface area contributed by atoms with Gasteiger partial charge in [0.05, 0.1) is 5.52 Å². The summed E-state index contributed by atoms with van der Waals surface area (Å²) in [6.07, 6.45) is 1.84. The van der Waals surface area contributed by atoms with Crippen LogP contribution in [0.4, 0.5) is 4.79 Å². The van der Waals surface area contributed by atoms with Crippen molar-refractivity contribution >= 4 is 23.3 Å². The highest BCUT2D eigenvalue weighted by molar-refractivity contribution is 5.86. The lowest BCUT2D eigenvalue weighted by molar-refractivity contribution is -0.112. The summed E-state index contributed by atoms with van der Waals surface area (Å²) in [5.41, 5.74) is 0.900. The maximum atomic E-state index is 12.2. The molecule has 5 nitrogen and oxygen atoms in total. The highest BCUT2D eigenvalue weighted by atomic mass is 16.6. The number of aromatic nitrogens is 1. The molecule has 0 radical (unpaired) electrons. The fraction of sp³-hybridized carbons (Fsp3) is 0.353. The number of para-hydroxylation sites is 1. The maximum absolute atomic E-state index is 12.2. The van der Waals surface area contributed by atoms with Gasteiger partial charge in [0.1, 0.15) is 17.9 Å². The predicted molar refractivity (Wildman–Crippen MR) is 84.5 cm³/mol. The Morgan fingerprint density at radius 2 is 1.95 bits per heavy atom. The standard InChI is InChI=1S/C17H20N2O3/c1-17(2,3)22-16(21)19(4)15(11-20)13-9-10-18-14-8-6-5-7-12(13)14/h5-11,15H,1-4H3. The van der Waals surface area contributed by atoms with Crippen molar-refractivity contribution in [2.45, 2.75) is 32.4 Å². The van der Waals surface area contributed by atoms with Gasteiger partial charge in [0.15, 0.2) is 0 Å². The van der Waals surface area contributed by atoms with E-state index in [2.05, 4.69) is 4.98 Å². The number of ether oxygens (including phenoxy) is 1. The molecular formula is C17H20N2O3. The largest absolute Gasteiger partial charge is 0.444 e. The number of hydrogen-bond acceptors (Lipinski definition) is 4. The van der Waals surface area contributed by atoms with Crippen LogP contribution in [0.3, 0.4) is 0 Å². The molecule has 1 amide bonds. The van der Waals surface area contributed by atoms with E-state index in [1.807, 2.05) is 24.3 Å². The highest BCUT2D eigenvalue weighted by Gasteiger charge is 2.27. The van der Waals surface area contributed by atoms with Gasteiger partial charge in [0, 0.05) is 18.6 Å². The van der Waals surface area contributed by atoms with Crippen molar-refractivity contribution in [3.8, 4) is 0 Å². The molecule has 1 aromatic heterocycles. The molecule has 1 aromatic carbocycles. The minimum atomic E-state index is -0.720. The zero-order valence-corrected chi connectivity index (χ0v) is 13.2. The van der Waals surface area contributed by atoms with E-state index >= 15 is 0 Å². The van der Waals surface area contributed by atoms with Crippen LogP contribution in [0.15, 0.2) is 36.5 Å². The minimum absolute atomic E-state index is 0.537. The lowest BCUT2D eigenvalue weighted by atomic mass is 10.0. The first-order chi connectivity index (χ1) is 10.3. The quantitative estimate of drug-likeness (QED) is 0.816. The van der Waals surface area contributed by atoms with Crippen LogP contribution in [0.5, 0.6) is 0 Å². The monoisotopic (exact) mass is 300 g/mol. The number of benzene rings is 1. The van der Waals surface area contributed by atoms with Crippen LogP contribution in [0.2, 0.25) is 0 Å². The maximum Gasteiger partial charge on any atom is 0.410 e. The van der Waals surface area contributed by atoms with Crippen molar-refractivity contribution in [3.05, 3.63) is 42.1 Å². The van der Waals surface area contributed by atoms with E-state index in [-0.39, 0.29) is 0 Å². The summed E-state index contributed by atoms with van der Waals surface area (Å²) in [5.74, 6) is 0. The molecule has 2 aromatic rings. The van der Waals surface area contributed by atoms with Crippen LogP contribution < -0.4 is 0 Å². The number of aldehydes is 1. The van der Waals surface area contributed by atoms with Gasteiger partial charge in [-0.3, -0.25) is 9.88 Å². The Bertz CT molecular complexity index is 686. The van der Waals surface area contributed by atoms with Crippen LogP contribution in [-0.2, 0) is 9.53 Å². The first-order valence-corrected chi connectivity index (χ1v) is 7.08. The van der Waals surface area contributed by atoms with E-state index in [0.29, 0.717) is 0 Å². The number of carbonyl (C=O) groups is 2. The third kappa shape index (κ3) is 3.42. The molecule has 5 heteroatoms. The second kappa shape index (κ2) is 6.13. The van der Waals surface area contributed by atoms with Crippen molar-refractivity contribution in [2.75, 3.05) is 7.05 Å². The van der Waals surface area contributed by atoms with Crippen molar-refractivity contribution in [3.63, 3.8) is 0 Å². The summed E-state index contributed by atoms with van der Waals surface area (Å²) in [5, 5.41) is 0.845. The number of likely N-dealkylation sites (N-methyl/N-ethyl adjacent to an activating group) is 1. The van der Waals surface area contributed by atoms with E-state index in [4.69, 9.17) is 4.74 Å². The Hall–Kier alpha value is -2.43. The number of rotatable bonds is 3. The highest BCUT2D eigenvalue weighted by Crippen LogP contribution is 2.26. The minimum Gasteiger partial charge on any atom is -0.444 e. The Morgan fingerprint density at radius 3 is 2.59 bits per heavy atom. The number of fused-ring (bicyclic) bond motifs is 1. The Labute approximate surface area is 129 Å². The first kappa shape index (κ1) is 15.9. The molecule has 0 spiro atoms. The van der Waals surface area contributed by atoms with E-state index in [0.717, 1.165) is 22.8 Å². The van der Waals surface area contributed by atoms with Crippen LogP contribution >= 0.6 is 0 Å². The molecule has 0 aliphatic carbocycles. The molecule has 116 valence electrons. The molecule has 0 fully saturated rings. The lowest BCUT2D eigenvalue weighted by Crippen LogP contribution is -2.37. The van der Waals surface area contributed by atoms with Gasteiger partial charge < -0.3 is 9.53 Å². The van der Waals surface area contributed by atoms with Gasteiger partial charge in [-0.05, 0) is 38.5 Å². The molecule has 0 aliphatic heterocycles. The third-order valence-electron chi connectivity index (χ3n) is 3.23. The summed E-state index contributed by atoms with van der Waals surface area (Å²) in [6.45, 7) is 5.36. The van der Waals surface area contributed by atoms with Gasteiger partial charge in [-0.25, -0.2) is 4.79 Å². The Balaban J connectivity index is 2.38. The van der Waals surface area contributed by atoms with Gasteiger partial charge in [-0.2, -0.15) is 0 Å². The number of nitrogens with zero attached hydrogens (tertiary/aromatic N) is 2. The molecule has 22 heavy (non-hydrogen) atoms. The molecule has 0 N–H and O–H groups in total. The predicted octanol–water partition coefficient (Wildman–Crippen LogP) is 3.34. The molecule has 0 saturated heterocycles. The first-order valence-electron chi connectivity index (χ1n) is 7.08. The van der Waals surface area contributed by atoms with Gasteiger partial charge in [-0.15, -0.1) is 0 Å². The molecule has 0 saturated carbocycles. The van der Waals surface area contributed by atoms with E-state index in [1.54, 1.807) is 40.1 Å². The molecule has 1 heterocycles. The third-order valence-corrected chi connectivity index (χ3v) is 3.23. The van der Waals surface area contributed by atoms with Gasteiger partial charge in [0.2, 0.25) is 0 Å². The Kier molecular flexibility index (Phi) is 4.45. The number of carbonyl (C=O) groups excluding carboxylic acids is 2. The Morgan fingerprint density at radius 1 is 1.27 bits per heavy atom. The van der Waals surface area contributed by atoms with E-state index in [1.165, 1.54) is 4.90 Å². The van der Waals surface area contributed by atoms with Crippen LogP contribution in [-0.4, -0.2) is 34.9 Å². The summed E-state index contributed by atoms with van der Waals surface area (Å²) in [7, 11) is 1.56. The van der Waals surface area contributed by atoms with Crippen LogP contribution in [0, 0.1) is 0 Å². The molecule has 1 atom stereocenters. The number of amides is 1. The van der Waals surface area contributed by atoms with Gasteiger partial charge in [0.25, 0.3) is 0 Å². The molecule has 2 rings (SSSR count). The number of hydrogen-bond donors (Lipinski definition) is 0. The molecular weight excluding hydrogens is 280 g/mol. The summed E-state index contributed by atoms with van der Waals surface area (Å²) < 4.78 is 5.33. The van der Waals surface area contributed by atoms with Crippen molar-refractivity contribution in [2.24, 2.45) is 0 Å². The second-order valence-corrected chi connectivity index (χ2v) is 6.09. The van der Waals surface area contributed by atoms with Gasteiger partial charge >= 0.3 is 6.09 Å². The van der Waals surface area contributed by atoms with Crippen LogP contribution in [0.25, 0.3) is 10.9 Å². The summed E-state index contributed by atoms with van der Waals surface area (Å²) in [4.78, 5) is 29.4.